The first kappa shape index (κ1) is 27.1. The lowest BCUT2D eigenvalue weighted by molar-refractivity contribution is 0.562. The van der Waals surface area contributed by atoms with Crippen LogP contribution in [0.15, 0.2) is 94.7 Å². The Bertz CT molecular complexity index is 1820. The van der Waals surface area contributed by atoms with Crippen LogP contribution in [0.4, 0.5) is 5.69 Å². The van der Waals surface area contributed by atoms with Crippen LogP contribution in [0.5, 0.6) is 5.75 Å². The van der Waals surface area contributed by atoms with E-state index in [1.54, 1.807) is 18.3 Å². The van der Waals surface area contributed by atoms with Crippen molar-refractivity contribution in [3.63, 3.8) is 0 Å². The summed E-state index contributed by atoms with van der Waals surface area (Å²) in [6, 6.07) is 24.2. The molecule has 0 bridgehead atoms. The number of aromatic nitrogens is 3. The lowest BCUT2D eigenvalue weighted by Gasteiger charge is -2.37. The van der Waals surface area contributed by atoms with Gasteiger partial charge < -0.3 is 4.52 Å². The first-order valence-electron chi connectivity index (χ1n) is 12.8. The lowest BCUT2D eigenvalue weighted by Crippen LogP contribution is -2.32. The second-order valence-electron chi connectivity index (χ2n) is 10.4. The van der Waals surface area contributed by atoms with E-state index in [2.05, 4.69) is 38.7 Å². The summed E-state index contributed by atoms with van der Waals surface area (Å²) in [4.78, 5) is 4.67. The topological polar surface area (TPSA) is 112 Å². The molecular weight excluding hydrogens is 529 g/mol. The van der Waals surface area contributed by atoms with Gasteiger partial charge in [-0.3, -0.25) is 9.67 Å². The predicted octanol–water partition coefficient (Wildman–Crippen LogP) is 6.59. The van der Waals surface area contributed by atoms with E-state index in [0.717, 1.165) is 33.7 Å². The minimum Gasteiger partial charge on any atom is -0.451 e. The molecule has 0 amide bonds. The number of fused-ring (bicyclic) bond motifs is 2. The summed E-state index contributed by atoms with van der Waals surface area (Å²) in [6.07, 6.45) is 2.64. The lowest BCUT2D eigenvalue weighted by atomic mass is 10.2. The van der Waals surface area contributed by atoms with Crippen LogP contribution in [0.1, 0.15) is 34.1 Å². The standard InChI is InChI=1S/C29H32N5O3PS/c1-5-20-34-28(24-12-6-7-13-25(24)32-34)38(29(2,3)4,33-22-15-17-23(18-16-22)39(30,35)36)37-26-14-8-10-21-11-9-19-31-27(21)26/h6-19H,5,20H2,1-4H3,(H2,30,35,36). The SMILES string of the molecule is CCCn1nc2ccccc2c1P(=Nc1ccc(S(N)(=O)=O)cc1)(Oc1cccc2cccnc12)C(C)(C)C. The number of nitrogens with two attached hydrogens (primary N) is 1. The number of hydrogen-bond acceptors (Lipinski definition) is 6. The molecule has 0 saturated carbocycles. The number of sulfonamides is 1. The van der Waals surface area contributed by atoms with E-state index in [1.807, 2.05) is 53.2 Å². The van der Waals surface area contributed by atoms with Crippen LogP contribution in [-0.4, -0.2) is 28.3 Å². The average Bonchev–Trinajstić information content (AvgIpc) is 3.26. The molecule has 8 nitrogen and oxygen atoms in total. The molecule has 5 rings (SSSR count). The molecule has 5 aromatic rings. The van der Waals surface area contributed by atoms with E-state index in [4.69, 9.17) is 19.5 Å². The summed E-state index contributed by atoms with van der Waals surface area (Å²) in [5.74, 6) is 0.634. The molecule has 0 aliphatic rings. The molecule has 0 aliphatic carbocycles. The fraction of sp³-hybridized carbons (Fsp3) is 0.241. The molecule has 0 saturated heterocycles. The van der Waals surface area contributed by atoms with Gasteiger partial charge in [-0.25, -0.2) is 18.3 Å². The van der Waals surface area contributed by atoms with Gasteiger partial charge in [0, 0.05) is 28.7 Å². The summed E-state index contributed by atoms with van der Waals surface area (Å²) in [7, 11) is -6.83. The number of pyridine rings is 1. The van der Waals surface area contributed by atoms with Crippen LogP contribution in [0, 0.1) is 0 Å². The van der Waals surface area contributed by atoms with Crippen molar-refractivity contribution in [1.29, 1.82) is 0 Å². The summed E-state index contributed by atoms with van der Waals surface area (Å²) in [6.45, 7) is 9.18. The fourth-order valence-electron chi connectivity index (χ4n) is 4.63. The van der Waals surface area contributed by atoms with E-state index in [-0.39, 0.29) is 4.90 Å². The number of benzene rings is 3. The Hall–Kier alpha value is -3.52. The highest BCUT2D eigenvalue weighted by molar-refractivity contribution is 7.89. The molecule has 0 spiro atoms. The zero-order chi connectivity index (χ0) is 27.8. The Morgan fingerprint density at radius 1 is 0.974 bits per heavy atom. The molecule has 2 heterocycles. The molecule has 0 radical (unpaired) electrons. The van der Waals surface area contributed by atoms with Crippen LogP contribution in [0.25, 0.3) is 21.8 Å². The van der Waals surface area contributed by atoms with Gasteiger partial charge in [0.05, 0.1) is 16.1 Å². The van der Waals surface area contributed by atoms with Crippen molar-refractivity contribution in [2.45, 2.75) is 50.7 Å². The highest BCUT2D eigenvalue weighted by Gasteiger charge is 2.43. The Morgan fingerprint density at radius 3 is 2.38 bits per heavy atom. The highest BCUT2D eigenvalue weighted by atomic mass is 32.2. The first-order valence-corrected chi connectivity index (χ1v) is 16.0. The van der Waals surface area contributed by atoms with E-state index in [0.29, 0.717) is 18.0 Å². The number of hydrogen-bond donors (Lipinski definition) is 1. The second kappa shape index (κ2) is 10.2. The average molecular weight is 562 g/mol. The Kier molecular flexibility index (Phi) is 7.10. The third-order valence-corrected chi connectivity index (χ3v) is 11.3. The summed E-state index contributed by atoms with van der Waals surface area (Å²) < 4.78 is 38.4. The summed E-state index contributed by atoms with van der Waals surface area (Å²) in [5, 5.41) is 11.8. The monoisotopic (exact) mass is 561 g/mol. The largest absolute Gasteiger partial charge is 0.451 e. The molecule has 2 N–H and O–H groups in total. The number of primary sulfonamides is 1. The van der Waals surface area contributed by atoms with Crippen molar-refractivity contribution >= 4 is 50.2 Å². The molecule has 202 valence electrons. The molecule has 1 unspecified atom stereocenters. The zero-order valence-electron chi connectivity index (χ0n) is 22.4. The van der Waals surface area contributed by atoms with Crippen molar-refractivity contribution in [2.75, 3.05) is 0 Å². The van der Waals surface area contributed by atoms with E-state index in [1.165, 1.54) is 12.1 Å². The Labute approximate surface area is 229 Å². The third-order valence-electron chi connectivity index (χ3n) is 6.50. The van der Waals surface area contributed by atoms with Gasteiger partial charge in [0.15, 0.2) is 13.0 Å². The van der Waals surface area contributed by atoms with Gasteiger partial charge in [-0.05, 0) is 48.9 Å². The van der Waals surface area contributed by atoms with E-state index < -0.39 is 22.5 Å². The predicted molar refractivity (Wildman–Crippen MR) is 159 cm³/mol. The normalized spacial score (nSPS) is 13.9. The van der Waals surface area contributed by atoms with Gasteiger partial charge in [-0.1, -0.05) is 64.1 Å². The van der Waals surface area contributed by atoms with Gasteiger partial charge >= 0.3 is 0 Å². The minimum atomic E-state index is -3.84. The number of para-hydroxylation sites is 1. The highest BCUT2D eigenvalue weighted by Crippen LogP contribution is 2.63. The molecule has 2 aromatic heterocycles. The Balaban J connectivity index is 1.88. The Morgan fingerprint density at radius 2 is 1.69 bits per heavy atom. The molecule has 10 heteroatoms. The van der Waals surface area contributed by atoms with Gasteiger partial charge in [0.2, 0.25) is 10.0 Å². The smallest absolute Gasteiger partial charge is 0.238 e. The number of aryl methyl sites for hydroxylation is 1. The van der Waals surface area contributed by atoms with E-state index >= 15 is 0 Å². The summed E-state index contributed by atoms with van der Waals surface area (Å²) in [5.41, 5.74) is 3.14. The van der Waals surface area contributed by atoms with Crippen molar-refractivity contribution in [1.82, 2.24) is 14.8 Å². The van der Waals surface area contributed by atoms with Gasteiger partial charge in [0.25, 0.3) is 0 Å². The van der Waals surface area contributed by atoms with Gasteiger partial charge in [-0.15, -0.1) is 0 Å². The minimum absolute atomic E-state index is 0.0294. The van der Waals surface area contributed by atoms with Crippen LogP contribution < -0.4 is 15.1 Å². The zero-order valence-corrected chi connectivity index (χ0v) is 24.2. The molecule has 0 aliphatic heterocycles. The van der Waals surface area contributed by atoms with Gasteiger partial charge in [-0.2, -0.15) is 5.10 Å². The molecule has 39 heavy (non-hydrogen) atoms. The number of nitrogens with zero attached hydrogens (tertiary/aromatic N) is 4. The summed E-state index contributed by atoms with van der Waals surface area (Å²) >= 11 is 0. The molecule has 0 fully saturated rings. The van der Waals surface area contributed by atoms with E-state index in [9.17, 15) is 8.42 Å². The van der Waals surface area contributed by atoms with Crippen LogP contribution >= 0.6 is 7.28 Å². The first-order chi connectivity index (χ1) is 18.5. The molecule has 1 atom stereocenters. The van der Waals surface area contributed by atoms with Crippen LogP contribution in [-0.2, 0) is 16.6 Å². The molecular formula is C29H32N5O3PS. The van der Waals surface area contributed by atoms with Gasteiger partial charge in [0.1, 0.15) is 11.0 Å². The van der Waals surface area contributed by atoms with Crippen LogP contribution in [0.2, 0.25) is 0 Å². The van der Waals surface area contributed by atoms with Crippen molar-refractivity contribution in [3.8, 4) is 5.75 Å². The maximum atomic E-state index is 11.9. The van der Waals surface area contributed by atoms with Crippen molar-refractivity contribution in [3.05, 3.63) is 85.1 Å². The van der Waals surface area contributed by atoms with Crippen molar-refractivity contribution in [2.24, 2.45) is 9.88 Å². The molecule has 3 aromatic carbocycles. The maximum absolute atomic E-state index is 11.9. The quantitative estimate of drug-likeness (QED) is 0.225. The van der Waals surface area contributed by atoms with Crippen molar-refractivity contribution < 1.29 is 12.9 Å². The second-order valence-corrected chi connectivity index (χ2v) is 15.2. The maximum Gasteiger partial charge on any atom is 0.238 e. The third kappa shape index (κ3) is 5.10. The fourth-order valence-corrected chi connectivity index (χ4v) is 8.44. The van der Waals surface area contributed by atoms with Crippen LogP contribution in [0.3, 0.4) is 0 Å². The number of rotatable bonds is 7.